The Morgan fingerprint density at radius 3 is 2.37 bits per heavy atom. The number of rotatable bonds is 8. The lowest BCUT2D eigenvalue weighted by Crippen LogP contribution is -2.56. The quantitative estimate of drug-likeness (QED) is 0.508. The first-order chi connectivity index (χ1) is 9.04. The van der Waals surface area contributed by atoms with Crippen molar-refractivity contribution in [3.05, 3.63) is 0 Å². The minimum absolute atomic E-state index is 0.313. The van der Waals surface area contributed by atoms with Crippen molar-refractivity contribution in [3.8, 4) is 0 Å². The molecule has 0 bridgehead atoms. The van der Waals surface area contributed by atoms with Gasteiger partial charge in [0.25, 0.3) is 0 Å². The molecule has 19 heavy (non-hydrogen) atoms. The van der Waals surface area contributed by atoms with Crippen LogP contribution in [0, 0.1) is 5.92 Å². The minimum Gasteiger partial charge on any atom is -0.383 e. The molecular formula is C14H30N2O2Si. The van der Waals surface area contributed by atoms with Crippen LogP contribution in [0.1, 0.15) is 41.0 Å². The molecule has 1 atom stereocenters. The molecule has 1 rings (SSSR count). The predicted molar refractivity (Wildman–Crippen MR) is 82.8 cm³/mol. The smallest absolute Gasteiger partial charge is 0.383 e. The van der Waals surface area contributed by atoms with Gasteiger partial charge in [-0.05, 0) is 39.7 Å². The Labute approximate surface area is 119 Å². The molecule has 1 unspecified atom stereocenters. The van der Waals surface area contributed by atoms with Gasteiger partial charge in [-0.2, -0.15) is 0 Å². The van der Waals surface area contributed by atoms with Gasteiger partial charge in [0, 0.05) is 32.0 Å². The maximum Gasteiger partial charge on any atom is 0.427 e. The summed E-state index contributed by atoms with van der Waals surface area (Å²) >= 11 is 0. The molecule has 0 aromatic heterocycles. The summed E-state index contributed by atoms with van der Waals surface area (Å²) in [5.41, 5.74) is 0. The van der Waals surface area contributed by atoms with Crippen molar-refractivity contribution in [1.82, 2.24) is 4.57 Å². The number of aliphatic imine (C=N–C) groups is 1. The maximum absolute atomic E-state index is 6.06. The molecule has 112 valence electrons. The average molecular weight is 286 g/mol. The molecule has 0 N–H and O–H groups in total. The molecule has 1 saturated heterocycles. The van der Waals surface area contributed by atoms with E-state index in [0.717, 1.165) is 32.3 Å². The highest BCUT2D eigenvalue weighted by Gasteiger charge is 2.48. The fraction of sp³-hybridized carbons (Fsp3) is 0.929. The Morgan fingerprint density at radius 2 is 1.84 bits per heavy atom. The van der Waals surface area contributed by atoms with E-state index in [1.165, 1.54) is 6.42 Å². The van der Waals surface area contributed by atoms with Gasteiger partial charge >= 0.3 is 8.72 Å². The molecule has 0 aromatic rings. The van der Waals surface area contributed by atoms with Gasteiger partial charge in [-0.25, -0.2) is 0 Å². The van der Waals surface area contributed by atoms with Crippen LogP contribution in [0.15, 0.2) is 4.99 Å². The van der Waals surface area contributed by atoms with Crippen molar-refractivity contribution in [2.75, 3.05) is 26.3 Å². The van der Waals surface area contributed by atoms with E-state index in [2.05, 4.69) is 44.2 Å². The van der Waals surface area contributed by atoms with E-state index < -0.39 is 8.72 Å². The first-order valence-corrected chi connectivity index (χ1v) is 9.57. The normalized spacial score (nSPS) is 21.6. The van der Waals surface area contributed by atoms with Crippen LogP contribution in [0.5, 0.6) is 0 Å². The van der Waals surface area contributed by atoms with Gasteiger partial charge < -0.3 is 8.85 Å². The van der Waals surface area contributed by atoms with Crippen LogP contribution in [-0.4, -0.2) is 51.8 Å². The lowest BCUT2D eigenvalue weighted by atomic mass is 10.2. The van der Waals surface area contributed by atoms with Crippen molar-refractivity contribution >= 4 is 14.9 Å². The minimum atomic E-state index is -2.12. The number of hydrogen-bond acceptors (Lipinski definition) is 4. The molecule has 0 spiro atoms. The van der Waals surface area contributed by atoms with Crippen molar-refractivity contribution in [2.24, 2.45) is 10.9 Å². The third-order valence-corrected chi connectivity index (χ3v) is 7.10. The van der Waals surface area contributed by atoms with Gasteiger partial charge in [0.05, 0.1) is 6.04 Å². The van der Waals surface area contributed by atoms with E-state index in [9.17, 15) is 0 Å². The molecular weight excluding hydrogens is 256 g/mol. The van der Waals surface area contributed by atoms with Crippen molar-refractivity contribution in [1.29, 1.82) is 0 Å². The molecule has 1 fully saturated rings. The zero-order valence-electron chi connectivity index (χ0n) is 13.2. The molecule has 1 heterocycles. The highest BCUT2D eigenvalue weighted by Crippen LogP contribution is 2.28. The Balaban J connectivity index is 2.63. The van der Waals surface area contributed by atoms with Crippen LogP contribution in [0.2, 0.25) is 6.04 Å². The summed E-state index contributed by atoms with van der Waals surface area (Å²) in [6, 6.07) is 1.41. The van der Waals surface area contributed by atoms with Gasteiger partial charge in [0.2, 0.25) is 0 Å². The highest BCUT2D eigenvalue weighted by atomic mass is 28.4. The lowest BCUT2D eigenvalue weighted by molar-refractivity contribution is 0.135. The van der Waals surface area contributed by atoms with Crippen LogP contribution >= 0.6 is 0 Å². The van der Waals surface area contributed by atoms with Crippen molar-refractivity contribution in [3.63, 3.8) is 0 Å². The van der Waals surface area contributed by atoms with Gasteiger partial charge in [0.15, 0.2) is 0 Å². The summed E-state index contributed by atoms with van der Waals surface area (Å²) in [5.74, 6) is 0.516. The topological polar surface area (TPSA) is 34.1 Å². The van der Waals surface area contributed by atoms with E-state index in [4.69, 9.17) is 8.85 Å². The van der Waals surface area contributed by atoms with Crippen LogP contribution in [0.25, 0.3) is 0 Å². The summed E-state index contributed by atoms with van der Waals surface area (Å²) in [6.45, 7) is 14.1. The van der Waals surface area contributed by atoms with Gasteiger partial charge in [0.1, 0.15) is 0 Å². The van der Waals surface area contributed by atoms with Crippen LogP contribution in [0.4, 0.5) is 0 Å². The third kappa shape index (κ3) is 4.98. The fourth-order valence-electron chi connectivity index (χ4n) is 2.56. The number of nitrogens with zero attached hydrogens (tertiary/aromatic N) is 2. The van der Waals surface area contributed by atoms with Gasteiger partial charge in [-0.1, -0.05) is 13.8 Å². The molecule has 0 aliphatic carbocycles. The van der Waals surface area contributed by atoms with Crippen LogP contribution in [-0.2, 0) is 8.85 Å². The summed E-state index contributed by atoms with van der Waals surface area (Å²) in [4.78, 5) is 4.62. The maximum atomic E-state index is 6.06. The van der Waals surface area contributed by atoms with Crippen LogP contribution < -0.4 is 0 Å². The Bertz CT molecular complexity index is 279. The van der Waals surface area contributed by atoms with Crippen LogP contribution in [0.3, 0.4) is 0 Å². The molecule has 0 amide bonds. The average Bonchev–Trinajstić information content (AvgIpc) is 2.71. The fourth-order valence-corrected chi connectivity index (χ4v) is 6.16. The molecule has 0 radical (unpaired) electrons. The van der Waals surface area contributed by atoms with E-state index in [0.29, 0.717) is 12.0 Å². The molecule has 1 aliphatic heterocycles. The first kappa shape index (κ1) is 16.8. The Morgan fingerprint density at radius 1 is 1.21 bits per heavy atom. The van der Waals surface area contributed by atoms with E-state index in [-0.39, 0.29) is 0 Å². The highest BCUT2D eigenvalue weighted by molar-refractivity contribution is 6.65. The molecule has 0 aromatic carbocycles. The largest absolute Gasteiger partial charge is 0.427 e. The summed E-state index contributed by atoms with van der Waals surface area (Å²) in [5, 5.41) is 0. The third-order valence-electron chi connectivity index (χ3n) is 3.27. The Hall–Kier alpha value is -0.233. The first-order valence-electron chi connectivity index (χ1n) is 7.60. The number of hydrogen-bond donors (Lipinski definition) is 0. The summed E-state index contributed by atoms with van der Waals surface area (Å²) in [7, 11) is -2.12. The Kier molecular flexibility index (Phi) is 7.21. The second kappa shape index (κ2) is 8.14. The molecule has 4 nitrogen and oxygen atoms in total. The van der Waals surface area contributed by atoms with E-state index in [1.807, 2.05) is 6.21 Å². The zero-order valence-corrected chi connectivity index (χ0v) is 14.2. The SMILES string of the molecule is CCO[Si]1(OCC)CCCN1CC(C)N=CC(C)C. The molecule has 0 saturated carbocycles. The standard InChI is InChI=1S/C14H30N2O2Si/c1-6-17-19(18-7-2)10-8-9-16(19)12-14(5)15-11-13(3)4/h11,13-14H,6-10,12H2,1-5H3. The van der Waals surface area contributed by atoms with Crippen molar-refractivity contribution < 1.29 is 8.85 Å². The second-order valence-electron chi connectivity index (χ2n) is 5.52. The summed E-state index contributed by atoms with van der Waals surface area (Å²) < 4.78 is 14.6. The van der Waals surface area contributed by atoms with Gasteiger partial charge in [-0.15, -0.1) is 0 Å². The van der Waals surface area contributed by atoms with E-state index in [1.54, 1.807) is 0 Å². The molecule has 1 aliphatic rings. The monoisotopic (exact) mass is 286 g/mol. The zero-order chi connectivity index (χ0) is 14.3. The van der Waals surface area contributed by atoms with Gasteiger partial charge in [-0.3, -0.25) is 9.56 Å². The lowest BCUT2D eigenvalue weighted by Gasteiger charge is -2.34. The van der Waals surface area contributed by atoms with Crippen molar-refractivity contribution in [2.45, 2.75) is 53.1 Å². The van der Waals surface area contributed by atoms with E-state index >= 15 is 0 Å². The second-order valence-corrected chi connectivity index (χ2v) is 8.65. The summed E-state index contributed by atoms with van der Waals surface area (Å²) in [6.07, 6.45) is 3.23. The molecule has 5 heteroatoms. The predicted octanol–water partition coefficient (Wildman–Crippen LogP) is 2.82.